The Labute approximate surface area is 119 Å². The van der Waals surface area contributed by atoms with Crippen molar-refractivity contribution in [3.8, 4) is 0 Å². The van der Waals surface area contributed by atoms with E-state index in [2.05, 4.69) is 4.72 Å². The van der Waals surface area contributed by atoms with Gasteiger partial charge in [0.05, 0.1) is 10.5 Å². The van der Waals surface area contributed by atoms with E-state index in [1.807, 2.05) is 19.0 Å². The standard InChI is InChI=1S/C13H20N2O4S/c1-10(8-9-15(2)3)14-20(18,19)12-6-4-11(5-7-12)13(16)17/h4-7,10,14H,8-9H2,1-3H3,(H,16,17). The van der Waals surface area contributed by atoms with Gasteiger partial charge in [0.2, 0.25) is 10.0 Å². The SMILES string of the molecule is CC(CCN(C)C)NS(=O)(=O)c1ccc(C(=O)O)cc1. The van der Waals surface area contributed by atoms with Crippen LogP contribution in [-0.2, 0) is 10.0 Å². The van der Waals surface area contributed by atoms with Crippen LogP contribution in [0, 0.1) is 0 Å². The zero-order chi connectivity index (χ0) is 15.3. The average molecular weight is 300 g/mol. The number of hydrogen-bond donors (Lipinski definition) is 2. The Morgan fingerprint density at radius 3 is 2.30 bits per heavy atom. The van der Waals surface area contributed by atoms with E-state index >= 15 is 0 Å². The summed E-state index contributed by atoms with van der Waals surface area (Å²) in [5.41, 5.74) is 0.0598. The normalized spacial score (nSPS) is 13.4. The molecule has 0 heterocycles. The summed E-state index contributed by atoms with van der Waals surface area (Å²) in [5, 5.41) is 8.78. The van der Waals surface area contributed by atoms with Gasteiger partial charge in [-0.1, -0.05) is 0 Å². The molecule has 0 aromatic heterocycles. The van der Waals surface area contributed by atoms with Crippen LogP contribution in [0.4, 0.5) is 0 Å². The number of carboxylic acids is 1. The van der Waals surface area contributed by atoms with Crippen LogP contribution in [0.3, 0.4) is 0 Å². The van der Waals surface area contributed by atoms with Gasteiger partial charge in [-0.05, 0) is 58.3 Å². The fraction of sp³-hybridized carbons (Fsp3) is 0.462. The first-order valence-corrected chi connectivity index (χ1v) is 7.71. The van der Waals surface area contributed by atoms with Crippen LogP contribution >= 0.6 is 0 Å². The number of benzene rings is 1. The molecule has 6 nitrogen and oxygen atoms in total. The molecule has 0 aliphatic heterocycles. The zero-order valence-electron chi connectivity index (χ0n) is 11.8. The minimum Gasteiger partial charge on any atom is -0.478 e. The Balaban J connectivity index is 2.75. The summed E-state index contributed by atoms with van der Waals surface area (Å²) in [6.07, 6.45) is 0.694. The van der Waals surface area contributed by atoms with Gasteiger partial charge in [0, 0.05) is 6.04 Å². The van der Waals surface area contributed by atoms with Gasteiger partial charge >= 0.3 is 5.97 Å². The fourth-order valence-corrected chi connectivity index (χ4v) is 2.90. The fourth-order valence-electron chi connectivity index (χ4n) is 1.62. The highest BCUT2D eigenvalue weighted by Gasteiger charge is 2.17. The maximum atomic E-state index is 12.1. The Kier molecular flexibility index (Phi) is 5.67. The molecule has 0 aliphatic rings. The molecule has 0 bridgehead atoms. The van der Waals surface area contributed by atoms with Crippen molar-refractivity contribution in [1.82, 2.24) is 9.62 Å². The summed E-state index contributed by atoms with van der Waals surface area (Å²) in [5.74, 6) is -1.08. The smallest absolute Gasteiger partial charge is 0.335 e. The lowest BCUT2D eigenvalue weighted by Crippen LogP contribution is -2.34. The van der Waals surface area contributed by atoms with Crippen molar-refractivity contribution in [1.29, 1.82) is 0 Å². The molecule has 0 amide bonds. The van der Waals surface area contributed by atoms with Gasteiger partial charge in [-0.15, -0.1) is 0 Å². The van der Waals surface area contributed by atoms with Crippen LogP contribution in [-0.4, -0.2) is 51.1 Å². The highest BCUT2D eigenvalue weighted by atomic mass is 32.2. The molecule has 0 aliphatic carbocycles. The second kappa shape index (κ2) is 6.83. The first-order chi connectivity index (χ1) is 9.22. The quantitative estimate of drug-likeness (QED) is 0.784. The van der Waals surface area contributed by atoms with Crippen molar-refractivity contribution in [2.45, 2.75) is 24.3 Å². The van der Waals surface area contributed by atoms with Crippen LogP contribution in [0.1, 0.15) is 23.7 Å². The lowest BCUT2D eigenvalue weighted by molar-refractivity contribution is 0.0696. The topological polar surface area (TPSA) is 86.7 Å². The van der Waals surface area contributed by atoms with Crippen LogP contribution in [0.25, 0.3) is 0 Å². The third-order valence-electron chi connectivity index (χ3n) is 2.78. The number of carbonyl (C=O) groups is 1. The number of carboxylic acid groups (broad SMARTS) is 1. The largest absolute Gasteiger partial charge is 0.478 e. The van der Waals surface area contributed by atoms with E-state index in [1.165, 1.54) is 24.3 Å². The van der Waals surface area contributed by atoms with E-state index in [4.69, 9.17) is 5.11 Å². The first-order valence-electron chi connectivity index (χ1n) is 6.23. The summed E-state index contributed by atoms with van der Waals surface area (Å²) < 4.78 is 26.8. The van der Waals surface area contributed by atoms with E-state index in [0.717, 1.165) is 6.54 Å². The Morgan fingerprint density at radius 2 is 1.85 bits per heavy atom. The second-order valence-corrected chi connectivity index (χ2v) is 6.66. The molecule has 0 saturated carbocycles. The van der Waals surface area contributed by atoms with Crippen molar-refractivity contribution < 1.29 is 18.3 Å². The Hall–Kier alpha value is -1.44. The number of nitrogens with one attached hydrogen (secondary N) is 1. The minimum atomic E-state index is -3.61. The van der Waals surface area contributed by atoms with Gasteiger partial charge in [-0.2, -0.15) is 0 Å². The average Bonchev–Trinajstić information content (AvgIpc) is 2.36. The summed E-state index contributed by atoms with van der Waals surface area (Å²) in [6, 6.07) is 4.96. The van der Waals surface area contributed by atoms with E-state index in [-0.39, 0.29) is 16.5 Å². The highest BCUT2D eigenvalue weighted by Crippen LogP contribution is 2.11. The summed E-state index contributed by atoms with van der Waals surface area (Å²) >= 11 is 0. The van der Waals surface area contributed by atoms with Gasteiger partial charge in [0.15, 0.2) is 0 Å². The number of sulfonamides is 1. The van der Waals surface area contributed by atoms with Crippen molar-refractivity contribution in [3.05, 3.63) is 29.8 Å². The third kappa shape index (κ3) is 4.92. The molecule has 1 atom stereocenters. The van der Waals surface area contributed by atoms with Crippen LogP contribution < -0.4 is 4.72 Å². The molecule has 112 valence electrons. The molecule has 1 aromatic carbocycles. The van der Waals surface area contributed by atoms with Crippen molar-refractivity contribution in [3.63, 3.8) is 0 Å². The number of aromatic carboxylic acids is 1. The molecule has 7 heteroatoms. The molecule has 1 aromatic rings. The lowest BCUT2D eigenvalue weighted by atomic mass is 10.2. The van der Waals surface area contributed by atoms with Gasteiger partial charge < -0.3 is 10.0 Å². The van der Waals surface area contributed by atoms with Crippen molar-refractivity contribution in [2.75, 3.05) is 20.6 Å². The molecule has 0 spiro atoms. The lowest BCUT2D eigenvalue weighted by Gasteiger charge is -2.16. The summed E-state index contributed by atoms with van der Waals surface area (Å²) in [7, 11) is 0.234. The van der Waals surface area contributed by atoms with Gasteiger partial charge in [0.25, 0.3) is 0 Å². The molecule has 0 saturated heterocycles. The van der Waals surface area contributed by atoms with Gasteiger partial charge in [-0.25, -0.2) is 17.9 Å². The molecule has 0 fully saturated rings. The summed E-state index contributed by atoms with van der Waals surface area (Å²) in [6.45, 7) is 2.58. The number of nitrogens with zero attached hydrogens (tertiary/aromatic N) is 1. The monoisotopic (exact) mass is 300 g/mol. The van der Waals surface area contributed by atoms with Crippen LogP contribution in [0.2, 0.25) is 0 Å². The predicted molar refractivity (Wildman–Crippen MR) is 76.4 cm³/mol. The summed E-state index contributed by atoms with van der Waals surface area (Å²) in [4.78, 5) is 12.8. The number of hydrogen-bond acceptors (Lipinski definition) is 4. The van der Waals surface area contributed by atoms with E-state index < -0.39 is 16.0 Å². The maximum absolute atomic E-state index is 12.1. The second-order valence-electron chi connectivity index (χ2n) is 4.94. The molecule has 1 rings (SSSR count). The molecular formula is C13H20N2O4S. The predicted octanol–water partition coefficient (Wildman–Crippen LogP) is 1.00. The van der Waals surface area contributed by atoms with E-state index in [9.17, 15) is 13.2 Å². The van der Waals surface area contributed by atoms with Crippen LogP contribution in [0.5, 0.6) is 0 Å². The Morgan fingerprint density at radius 1 is 1.30 bits per heavy atom. The highest BCUT2D eigenvalue weighted by molar-refractivity contribution is 7.89. The van der Waals surface area contributed by atoms with E-state index in [1.54, 1.807) is 6.92 Å². The van der Waals surface area contributed by atoms with Gasteiger partial charge in [-0.3, -0.25) is 0 Å². The van der Waals surface area contributed by atoms with Crippen molar-refractivity contribution >= 4 is 16.0 Å². The zero-order valence-corrected chi connectivity index (χ0v) is 12.6. The first kappa shape index (κ1) is 16.6. The molecular weight excluding hydrogens is 280 g/mol. The molecule has 1 unspecified atom stereocenters. The van der Waals surface area contributed by atoms with E-state index in [0.29, 0.717) is 6.42 Å². The van der Waals surface area contributed by atoms with Crippen LogP contribution in [0.15, 0.2) is 29.2 Å². The molecule has 2 N–H and O–H groups in total. The third-order valence-corrected chi connectivity index (χ3v) is 4.38. The Bertz CT molecular complexity index is 552. The van der Waals surface area contributed by atoms with Gasteiger partial charge in [0.1, 0.15) is 0 Å². The molecule has 20 heavy (non-hydrogen) atoms. The minimum absolute atomic E-state index is 0.0598. The van der Waals surface area contributed by atoms with Crippen molar-refractivity contribution in [2.24, 2.45) is 0 Å². The number of rotatable bonds is 7. The molecule has 0 radical (unpaired) electrons. The maximum Gasteiger partial charge on any atom is 0.335 e.